The van der Waals surface area contributed by atoms with Crippen LogP contribution >= 0.6 is 0 Å². The fraction of sp³-hybridized carbons (Fsp3) is 0.211. The number of aromatic nitrogens is 1. The van der Waals surface area contributed by atoms with E-state index in [0.29, 0.717) is 28.2 Å². The van der Waals surface area contributed by atoms with Crippen LogP contribution in [0.2, 0.25) is 0 Å². The zero-order chi connectivity index (χ0) is 19.4. The number of oxazole rings is 1. The number of carbonyl (C=O) groups excluding carboxylic acids is 2. The van der Waals surface area contributed by atoms with Crippen molar-refractivity contribution in [2.24, 2.45) is 0 Å². The van der Waals surface area contributed by atoms with Crippen LogP contribution in [0.3, 0.4) is 0 Å². The smallest absolute Gasteiger partial charge is 0.419 e. The van der Waals surface area contributed by atoms with E-state index in [1.54, 1.807) is 42.5 Å². The minimum absolute atomic E-state index is 0.0882. The van der Waals surface area contributed by atoms with Crippen molar-refractivity contribution in [3.8, 4) is 5.75 Å². The maximum absolute atomic E-state index is 12.3. The van der Waals surface area contributed by atoms with Gasteiger partial charge in [-0.3, -0.25) is 14.2 Å². The molecule has 0 aliphatic carbocycles. The predicted octanol–water partition coefficient (Wildman–Crippen LogP) is 2.59. The van der Waals surface area contributed by atoms with Crippen LogP contribution in [0.5, 0.6) is 5.75 Å². The molecule has 0 fully saturated rings. The van der Waals surface area contributed by atoms with Crippen molar-refractivity contribution >= 4 is 34.3 Å². The summed E-state index contributed by atoms with van der Waals surface area (Å²) >= 11 is 0. The van der Waals surface area contributed by atoms with Crippen LogP contribution in [0.15, 0.2) is 51.7 Å². The lowest BCUT2D eigenvalue weighted by Gasteiger charge is -2.12. The molecule has 0 bridgehead atoms. The number of amides is 2. The first-order valence-corrected chi connectivity index (χ1v) is 8.32. The van der Waals surface area contributed by atoms with E-state index in [1.807, 2.05) is 0 Å². The molecule has 0 aliphatic rings. The van der Waals surface area contributed by atoms with Crippen molar-refractivity contribution in [3.05, 3.63) is 53.0 Å². The third-order valence-corrected chi connectivity index (χ3v) is 3.93. The average molecular weight is 369 g/mol. The highest BCUT2D eigenvalue weighted by Crippen LogP contribution is 2.27. The number of anilines is 2. The molecule has 27 heavy (non-hydrogen) atoms. The van der Waals surface area contributed by atoms with Crippen LogP contribution < -0.4 is 21.1 Å². The molecule has 3 aromatic rings. The molecule has 0 aliphatic heterocycles. The van der Waals surface area contributed by atoms with Crippen LogP contribution in [0.1, 0.15) is 13.3 Å². The minimum Gasteiger partial charge on any atom is -0.495 e. The lowest BCUT2D eigenvalue weighted by Crippen LogP contribution is -2.20. The normalized spacial score (nSPS) is 10.6. The molecule has 0 atom stereocenters. The number of carbonyl (C=O) groups is 2. The summed E-state index contributed by atoms with van der Waals surface area (Å²) in [4.78, 5) is 35.5. The highest BCUT2D eigenvalue weighted by molar-refractivity contribution is 5.94. The van der Waals surface area contributed by atoms with Gasteiger partial charge >= 0.3 is 5.76 Å². The first-order valence-electron chi connectivity index (χ1n) is 8.32. The van der Waals surface area contributed by atoms with Crippen molar-refractivity contribution in [1.29, 1.82) is 0 Å². The van der Waals surface area contributed by atoms with Crippen LogP contribution in [-0.4, -0.2) is 23.5 Å². The number of ether oxygens (including phenoxy) is 1. The van der Waals surface area contributed by atoms with E-state index in [9.17, 15) is 14.4 Å². The zero-order valence-corrected chi connectivity index (χ0v) is 14.9. The van der Waals surface area contributed by atoms with Crippen LogP contribution in [0.4, 0.5) is 11.4 Å². The van der Waals surface area contributed by atoms with Gasteiger partial charge < -0.3 is 19.8 Å². The second kappa shape index (κ2) is 7.77. The number of nitrogens with zero attached hydrogens (tertiary/aromatic N) is 1. The number of nitrogens with one attached hydrogen (secondary N) is 2. The van der Waals surface area contributed by atoms with E-state index >= 15 is 0 Å². The monoisotopic (exact) mass is 369 g/mol. The van der Waals surface area contributed by atoms with Crippen LogP contribution in [-0.2, 0) is 16.1 Å². The second-order valence-electron chi connectivity index (χ2n) is 5.88. The Labute approximate surface area is 154 Å². The number of hydrogen-bond acceptors (Lipinski definition) is 5. The van der Waals surface area contributed by atoms with Gasteiger partial charge in [-0.05, 0) is 30.3 Å². The molecular formula is C19H19N3O5. The highest BCUT2D eigenvalue weighted by atomic mass is 16.5. The molecule has 1 aromatic heterocycles. The Bertz CT molecular complexity index is 1050. The number of benzene rings is 2. The molecule has 8 heteroatoms. The molecule has 2 amide bonds. The van der Waals surface area contributed by atoms with Crippen LogP contribution in [0, 0.1) is 0 Å². The molecule has 2 aromatic carbocycles. The Morgan fingerprint density at radius 1 is 1.15 bits per heavy atom. The molecule has 140 valence electrons. The second-order valence-corrected chi connectivity index (χ2v) is 5.88. The quantitative estimate of drug-likeness (QED) is 0.695. The summed E-state index contributed by atoms with van der Waals surface area (Å²) in [6.07, 6.45) is 0.0882. The number of hydrogen-bond donors (Lipinski definition) is 2. The number of methoxy groups -OCH3 is 1. The largest absolute Gasteiger partial charge is 0.495 e. The summed E-state index contributed by atoms with van der Waals surface area (Å²) in [5.41, 5.74) is 2.10. The van der Waals surface area contributed by atoms with Gasteiger partial charge in [0.2, 0.25) is 11.8 Å². The van der Waals surface area contributed by atoms with Gasteiger partial charge in [0.1, 0.15) is 5.75 Å². The molecule has 8 nitrogen and oxygen atoms in total. The fourth-order valence-electron chi connectivity index (χ4n) is 2.74. The molecular weight excluding hydrogens is 350 g/mol. The lowest BCUT2D eigenvalue weighted by atomic mass is 10.2. The van der Waals surface area contributed by atoms with Gasteiger partial charge in [-0.25, -0.2) is 4.79 Å². The van der Waals surface area contributed by atoms with Gasteiger partial charge in [-0.1, -0.05) is 12.1 Å². The minimum atomic E-state index is -0.499. The Kier molecular flexibility index (Phi) is 5.25. The number of para-hydroxylation sites is 2. The fourth-order valence-corrected chi connectivity index (χ4v) is 2.74. The third-order valence-electron chi connectivity index (χ3n) is 3.93. The number of fused-ring (bicyclic) bond motifs is 1. The van der Waals surface area contributed by atoms with Crippen molar-refractivity contribution < 1.29 is 18.7 Å². The number of aryl methyl sites for hydroxylation is 1. The Morgan fingerprint density at radius 2 is 1.93 bits per heavy atom. The Morgan fingerprint density at radius 3 is 2.67 bits per heavy atom. The van der Waals surface area contributed by atoms with E-state index in [2.05, 4.69) is 10.6 Å². The Balaban J connectivity index is 1.69. The maximum Gasteiger partial charge on any atom is 0.419 e. The van der Waals surface area contributed by atoms with E-state index in [4.69, 9.17) is 9.15 Å². The zero-order valence-electron chi connectivity index (χ0n) is 14.9. The summed E-state index contributed by atoms with van der Waals surface area (Å²) in [6.45, 7) is 1.58. The average Bonchev–Trinajstić information content (AvgIpc) is 2.95. The summed E-state index contributed by atoms with van der Waals surface area (Å²) in [5.74, 6) is -0.532. The number of rotatable bonds is 6. The van der Waals surface area contributed by atoms with E-state index in [0.717, 1.165) is 0 Å². The molecule has 2 N–H and O–H groups in total. The van der Waals surface area contributed by atoms with Gasteiger partial charge in [-0.15, -0.1) is 0 Å². The van der Waals surface area contributed by atoms with Gasteiger partial charge in [0.15, 0.2) is 5.58 Å². The SMILES string of the molecule is COc1ccc(NC(=O)CCn2c(=O)oc3ccccc32)cc1NC(C)=O. The Hall–Kier alpha value is -3.55. The van der Waals surface area contributed by atoms with E-state index < -0.39 is 5.76 Å². The summed E-state index contributed by atoms with van der Waals surface area (Å²) in [7, 11) is 1.49. The lowest BCUT2D eigenvalue weighted by molar-refractivity contribution is -0.116. The van der Waals surface area contributed by atoms with Gasteiger partial charge in [0.05, 0.1) is 18.3 Å². The molecule has 0 saturated carbocycles. The molecule has 0 saturated heterocycles. The molecule has 0 spiro atoms. The van der Waals surface area contributed by atoms with Crippen molar-refractivity contribution in [2.75, 3.05) is 17.7 Å². The first kappa shape index (κ1) is 18.2. The molecule has 0 unspecified atom stereocenters. The molecule has 3 rings (SSSR count). The van der Waals surface area contributed by atoms with Gasteiger partial charge in [0, 0.05) is 25.6 Å². The molecule has 1 heterocycles. The standard InChI is InChI=1S/C19H19N3O5/c1-12(23)20-14-11-13(7-8-16(14)26-2)21-18(24)9-10-22-15-5-3-4-6-17(15)27-19(22)25/h3-8,11H,9-10H2,1-2H3,(H,20,23)(H,21,24). The van der Waals surface area contributed by atoms with Crippen LogP contribution in [0.25, 0.3) is 11.1 Å². The van der Waals surface area contributed by atoms with Gasteiger partial charge in [0.25, 0.3) is 0 Å². The summed E-state index contributed by atoms with van der Waals surface area (Å²) in [5, 5.41) is 5.39. The predicted molar refractivity (Wildman–Crippen MR) is 101 cm³/mol. The first-order chi connectivity index (χ1) is 13.0. The van der Waals surface area contributed by atoms with E-state index in [1.165, 1.54) is 18.6 Å². The third kappa shape index (κ3) is 4.17. The highest BCUT2D eigenvalue weighted by Gasteiger charge is 2.12. The summed E-state index contributed by atoms with van der Waals surface area (Å²) < 4.78 is 11.8. The van der Waals surface area contributed by atoms with Crippen molar-refractivity contribution in [3.63, 3.8) is 0 Å². The van der Waals surface area contributed by atoms with Crippen molar-refractivity contribution in [2.45, 2.75) is 19.9 Å². The van der Waals surface area contributed by atoms with E-state index in [-0.39, 0.29) is 24.8 Å². The molecule has 0 radical (unpaired) electrons. The van der Waals surface area contributed by atoms with Gasteiger partial charge in [-0.2, -0.15) is 0 Å². The van der Waals surface area contributed by atoms with Crippen molar-refractivity contribution in [1.82, 2.24) is 4.57 Å². The summed E-state index contributed by atoms with van der Waals surface area (Å²) in [6, 6.07) is 12.0. The topological polar surface area (TPSA) is 103 Å². The maximum atomic E-state index is 12.3.